The molecule has 0 aliphatic carbocycles. The Morgan fingerprint density at radius 2 is 1.82 bits per heavy atom. The largest absolute Gasteiger partial charge is 0.447 e. The zero-order valence-corrected chi connectivity index (χ0v) is 19.4. The molecule has 0 bridgehead atoms. The van der Waals surface area contributed by atoms with Crippen molar-refractivity contribution in [1.82, 2.24) is 14.8 Å². The average molecular weight is 458 g/mol. The Bertz CT molecular complexity index is 944. The molecule has 0 spiro atoms. The van der Waals surface area contributed by atoms with Gasteiger partial charge in [0.2, 0.25) is 0 Å². The molecule has 0 radical (unpaired) electrons. The Labute approximate surface area is 194 Å². The lowest BCUT2D eigenvalue weighted by Gasteiger charge is -2.34. The molecule has 1 aliphatic heterocycles. The number of hydrogen-bond donors (Lipinski definition) is 2. The van der Waals surface area contributed by atoms with Crippen molar-refractivity contribution in [3.05, 3.63) is 53.6 Å². The molecule has 0 atom stereocenters. The van der Waals surface area contributed by atoms with Gasteiger partial charge >= 0.3 is 12.1 Å². The molecule has 1 aromatic heterocycles. The van der Waals surface area contributed by atoms with Gasteiger partial charge in [-0.05, 0) is 76.1 Å². The summed E-state index contributed by atoms with van der Waals surface area (Å²) in [4.78, 5) is 32.4. The van der Waals surface area contributed by atoms with Crippen LogP contribution < -0.4 is 10.6 Å². The number of carbonyl (C=O) groups excluding carboxylic acids is 2. The number of benzene rings is 1. The highest BCUT2D eigenvalue weighted by atomic mass is 19.1. The predicted octanol–water partition coefficient (Wildman–Crippen LogP) is 4.27. The minimum atomic E-state index is -0.453. The number of amides is 3. The first-order chi connectivity index (χ1) is 15.8. The van der Waals surface area contributed by atoms with Crippen LogP contribution in [0.5, 0.6) is 0 Å². The number of urea groups is 1. The number of nitrogens with zero attached hydrogens (tertiary/aromatic N) is 3. The number of carbonyl (C=O) groups is 2. The maximum Gasteiger partial charge on any atom is 0.410 e. The lowest BCUT2D eigenvalue weighted by atomic mass is 10.1. The van der Waals surface area contributed by atoms with Crippen LogP contribution in [0.1, 0.15) is 31.5 Å². The van der Waals surface area contributed by atoms with Crippen LogP contribution in [0.25, 0.3) is 0 Å². The van der Waals surface area contributed by atoms with Crippen molar-refractivity contribution in [1.29, 1.82) is 0 Å². The van der Waals surface area contributed by atoms with E-state index in [2.05, 4.69) is 20.5 Å². The molecule has 0 saturated carbocycles. The van der Waals surface area contributed by atoms with Crippen LogP contribution in [0.3, 0.4) is 0 Å². The van der Waals surface area contributed by atoms with Crippen molar-refractivity contribution in [2.45, 2.75) is 39.7 Å². The molecule has 8 nitrogen and oxygen atoms in total. The molecule has 2 heterocycles. The zero-order chi connectivity index (χ0) is 23.8. The van der Waals surface area contributed by atoms with Crippen LogP contribution in [-0.2, 0) is 11.2 Å². The molecule has 3 rings (SSSR count). The van der Waals surface area contributed by atoms with E-state index < -0.39 is 11.8 Å². The maximum atomic E-state index is 14.1. The van der Waals surface area contributed by atoms with Crippen molar-refractivity contribution in [2.24, 2.45) is 0 Å². The average Bonchev–Trinajstić information content (AvgIpc) is 2.75. The second-order valence-electron chi connectivity index (χ2n) is 8.48. The number of halogens is 1. The van der Waals surface area contributed by atoms with Gasteiger partial charge in [-0.2, -0.15) is 0 Å². The van der Waals surface area contributed by atoms with Crippen LogP contribution >= 0.6 is 0 Å². The van der Waals surface area contributed by atoms with Crippen LogP contribution in [0.2, 0.25) is 0 Å². The third kappa shape index (κ3) is 8.02. The molecule has 2 N–H and O–H groups in total. The second kappa shape index (κ2) is 11.6. The van der Waals surface area contributed by atoms with E-state index in [-0.39, 0.29) is 12.2 Å². The lowest BCUT2D eigenvalue weighted by Crippen LogP contribution is -2.49. The van der Waals surface area contributed by atoms with Gasteiger partial charge in [-0.25, -0.2) is 14.0 Å². The Hall–Kier alpha value is -3.20. The summed E-state index contributed by atoms with van der Waals surface area (Å²) in [5, 5.41) is 5.36. The van der Waals surface area contributed by atoms with Crippen LogP contribution in [0.15, 0.2) is 36.5 Å². The first kappa shape index (κ1) is 24.4. The summed E-state index contributed by atoms with van der Waals surface area (Å²) < 4.78 is 19.3. The maximum absolute atomic E-state index is 14.1. The van der Waals surface area contributed by atoms with Crippen LogP contribution in [-0.4, -0.2) is 65.7 Å². The minimum absolute atomic E-state index is 0.119. The summed E-state index contributed by atoms with van der Waals surface area (Å²) in [5.74, 6) is -0.392. The van der Waals surface area contributed by atoms with Crippen molar-refractivity contribution in [3.8, 4) is 0 Å². The molecule has 1 aromatic carbocycles. The molecule has 0 unspecified atom stereocenters. The number of pyridine rings is 1. The summed E-state index contributed by atoms with van der Waals surface area (Å²) >= 11 is 0. The molecule has 33 heavy (non-hydrogen) atoms. The molecular weight excluding hydrogens is 425 g/mol. The van der Waals surface area contributed by atoms with Crippen molar-refractivity contribution in [3.63, 3.8) is 0 Å². The quantitative estimate of drug-likeness (QED) is 0.649. The number of aryl methyl sites for hydroxylation is 2. The van der Waals surface area contributed by atoms with Gasteiger partial charge < -0.3 is 20.3 Å². The normalized spacial score (nSPS) is 14.3. The first-order valence-electron chi connectivity index (χ1n) is 11.3. The van der Waals surface area contributed by atoms with E-state index in [1.807, 2.05) is 20.8 Å². The number of nitrogens with one attached hydrogen (secondary N) is 2. The summed E-state index contributed by atoms with van der Waals surface area (Å²) in [5.41, 5.74) is 2.64. The Balaban J connectivity index is 1.44. The van der Waals surface area contributed by atoms with E-state index in [1.54, 1.807) is 29.3 Å². The van der Waals surface area contributed by atoms with Gasteiger partial charge in [0.1, 0.15) is 5.82 Å². The number of anilines is 2. The molecule has 178 valence electrons. The van der Waals surface area contributed by atoms with Crippen LogP contribution in [0, 0.1) is 12.7 Å². The standard InChI is InChI=1S/C24H32FN5O3/c1-17(2)33-24(32)30-11-9-29(10-12-30)8-4-5-19-13-20(25)15-22(14-19)28-23(31)27-21-7-6-18(3)26-16-21/h6-7,13-17H,4-5,8-12H2,1-3H3,(H2,27,28,31). The van der Waals surface area contributed by atoms with E-state index in [0.29, 0.717) is 30.9 Å². The lowest BCUT2D eigenvalue weighted by molar-refractivity contribution is 0.0570. The van der Waals surface area contributed by atoms with Gasteiger partial charge in [0.25, 0.3) is 0 Å². The third-order valence-corrected chi connectivity index (χ3v) is 5.29. The highest BCUT2D eigenvalue weighted by molar-refractivity contribution is 5.99. The Kier molecular flexibility index (Phi) is 8.59. The van der Waals surface area contributed by atoms with Crippen molar-refractivity contribution < 1.29 is 18.7 Å². The smallest absolute Gasteiger partial charge is 0.410 e. The number of ether oxygens (including phenoxy) is 1. The fourth-order valence-electron chi connectivity index (χ4n) is 3.64. The van der Waals surface area contributed by atoms with Gasteiger partial charge in [-0.1, -0.05) is 0 Å². The fraction of sp³-hybridized carbons (Fsp3) is 0.458. The van der Waals surface area contributed by atoms with E-state index in [4.69, 9.17) is 4.74 Å². The molecule has 3 amide bonds. The van der Waals surface area contributed by atoms with Crippen molar-refractivity contribution in [2.75, 3.05) is 43.4 Å². The molecular formula is C24H32FN5O3. The van der Waals surface area contributed by atoms with E-state index >= 15 is 0 Å². The van der Waals surface area contributed by atoms with E-state index in [9.17, 15) is 14.0 Å². The second-order valence-corrected chi connectivity index (χ2v) is 8.48. The summed E-state index contributed by atoms with van der Waals surface area (Å²) in [7, 11) is 0. The van der Waals surface area contributed by atoms with Gasteiger partial charge in [0, 0.05) is 37.6 Å². The van der Waals surface area contributed by atoms with Gasteiger partial charge in [0.05, 0.1) is 18.0 Å². The highest BCUT2D eigenvalue weighted by Gasteiger charge is 2.22. The molecule has 9 heteroatoms. The van der Waals surface area contributed by atoms with E-state index in [0.717, 1.165) is 37.3 Å². The number of piperazine rings is 1. The number of hydrogen-bond acceptors (Lipinski definition) is 5. The summed E-state index contributed by atoms with van der Waals surface area (Å²) in [6, 6.07) is 7.68. The molecule has 1 aliphatic rings. The first-order valence-corrected chi connectivity index (χ1v) is 11.3. The Morgan fingerprint density at radius 3 is 2.48 bits per heavy atom. The monoisotopic (exact) mass is 457 g/mol. The third-order valence-electron chi connectivity index (χ3n) is 5.29. The SMILES string of the molecule is Cc1ccc(NC(=O)Nc2cc(F)cc(CCCN3CCN(C(=O)OC(C)C)CC3)c2)cn1. The summed E-state index contributed by atoms with van der Waals surface area (Å²) in [6.45, 7) is 9.27. The molecule has 1 fully saturated rings. The summed E-state index contributed by atoms with van der Waals surface area (Å²) in [6.07, 6.45) is 2.73. The fourth-order valence-corrected chi connectivity index (χ4v) is 3.64. The Morgan fingerprint density at radius 1 is 1.09 bits per heavy atom. The number of aromatic nitrogens is 1. The van der Waals surface area contributed by atoms with Gasteiger partial charge in [0.15, 0.2) is 0 Å². The van der Waals surface area contributed by atoms with E-state index in [1.165, 1.54) is 12.1 Å². The highest BCUT2D eigenvalue weighted by Crippen LogP contribution is 2.17. The van der Waals surface area contributed by atoms with Gasteiger partial charge in [-0.3, -0.25) is 9.88 Å². The van der Waals surface area contributed by atoms with Gasteiger partial charge in [-0.15, -0.1) is 0 Å². The number of rotatable bonds is 7. The minimum Gasteiger partial charge on any atom is -0.447 e. The van der Waals surface area contributed by atoms with Crippen molar-refractivity contribution >= 4 is 23.5 Å². The molecule has 1 saturated heterocycles. The molecule has 2 aromatic rings. The zero-order valence-electron chi connectivity index (χ0n) is 19.4. The topological polar surface area (TPSA) is 86.8 Å². The predicted molar refractivity (Wildman–Crippen MR) is 126 cm³/mol. The van der Waals surface area contributed by atoms with Crippen LogP contribution in [0.4, 0.5) is 25.4 Å².